The summed E-state index contributed by atoms with van der Waals surface area (Å²) in [5.41, 5.74) is 0. The zero-order valence-electron chi connectivity index (χ0n) is 9.12. The summed E-state index contributed by atoms with van der Waals surface area (Å²) in [6.07, 6.45) is 0. The highest BCUT2D eigenvalue weighted by atomic mass is 79.9. The average Bonchev–Trinajstić information content (AvgIpc) is 2.39. The number of aromatic hydroxyl groups is 2. The first kappa shape index (κ1) is 15.2. The Morgan fingerprint density at radius 3 is 2.05 bits per heavy atom. The molecule has 2 aromatic carbocycles. The summed E-state index contributed by atoms with van der Waals surface area (Å²) in [6, 6.07) is 6.31. The standard InChI is InChI=1S/C12H6Br4O3/c13-5-1-2-7(18)12(9(5)14)19-8-4-3-6(17)10(15)11(8)16/h1-4,17-18H. The minimum atomic E-state index is 0.00572. The molecule has 0 aliphatic carbocycles. The topological polar surface area (TPSA) is 49.7 Å². The third-order valence-electron chi connectivity index (χ3n) is 2.27. The highest BCUT2D eigenvalue weighted by Crippen LogP contribution is 2.45. The number of phenols is 2. The molecule has 0 spiro atoms. The van der Waals surface area contributed by atoms with E-state index >= 15 is 0 Å². The van der Waals surface area contributed by atoms with Gasteiger partial charge in [0.05, 0.1) is 13.4 Å². The Morgan fingerprint density at radius 1 is 0.737 bits per heavy atom. The van der Waals surface area contributed by atoms with Gasteiger partial charge >= 0.3 is 0 Å². The fourth-order valence-corrected chi connectivity index (χ4v) is 2.80. The number of benzene rings is 2. The largest absolute Gasteiger partial charge is 0.507 e. The van der Waals surface area contributed by atoms with E-state index in [1.54, 1.807) is 12.1 Å². The first-order valence-corrected chi connectivity index (χ1v) is 8.10. The van der Waals surface area contributed by atoms with E-state index in [1.807, 2.05) is 0 Å². The molecular weight excluding hydrogens is 512 g/mol. The van der Waals surface area contributed by atoms with Gasteiger partial charge in [0.15, 0.2) is 11.5 Å². The molecule has 0 saturated carbocycles. The molecule has 0 aliphatic heterocycles. The molecule has 2 rings (SSSR count). The van der Waals surface area contributed by atoms with Crippen LogP contribution in [0, 0.1) is 0 Å². The van der Waals surface area contributed by atoms with Crippen LogP contribution in [0.15, 0.2) is 42.2 Å². The molecule has 0 atom stereocenters. The Morgan fingerprint density at radius 2 is 1.37 bits per heavy atom. The minimum absolute atomic E-state index is 0.00572. The Balaban J connectivity index is 2.48. The number of halogens is 4. The van der Waals surface area contributed by atoms with E-state index in [9.17, 15) is 10.2 Å². The zero-order chi connectivity index (χ0) is 14.2. The lowest BCUT2D eigenvalue weighted by molar-refractivity contribution is 0.406. The van der Waals surface area contributed by atoms with Crippen LogP contribution in [0.4, 0.5) is 0 Å². The van der Waals surface area contributed by atoms with Crippen molar-refractivity contribution in [3.8, 4) is 23.0 Å². The molecule has 0 unspecified atom stereocenters. The quantitative estimate of drug-likeness (QED) is 0.518. The zero-order valence-corrected chi connectivity index (χ0v) is 15.5. The molecule has 2 N–H and O–H groups in total. The van der Waals surface area contributed by atoms with E-state index in [0.29, 0.717) is 19.2 Å². The third kappa shape index (κ3) is 3.09. The number of ether oxygens (including phenoxy) is 1. The van der Waals surface area contributed by atoms with Gasteiger partial charge < -0.3 is 14.9 Å². The van der Waals surface area contributed by atoms with Crippen LogP contribution in [0.2, 0.25) is 0 Å². The van der Waals surface area contributed by atoms with Gasteiger partial charge in [-0.05, 0) is 88.0 Å². The molecule has 2 aromatic rings. The molecule has 0 saturated heterocycles. The number of hydrogen-bond donors (Lipinski definition) is 2. The van der Waals surface area contributed by atoms with Gasteiger partial charge in [-0.25, -0.2) is 0 Å². The smallest absolute Gasteiger partial charge is 0.184 e. The van der Waals surface area contributed by atoms with Crippen molar-refractivity contribution in [3.63, 3.8) is 0 Å². The predicted octanol–water partition coefficient (Wildman–Crippen LogP) is 5.94. The second kappa shape index (κ2) is 6.03. The first-order chi connectivity index (χ1) is 8.91. The molecule has 7 heteroatoms. The first-order valence-electron chi connectivity index (χ1n) is 4.93. The molecule has 0 fully saturated rings. The average molecular weight is 518 g/mol. The van der Waals surface area contributed by atoms with E-state index in [4.69, 9.17) is 4.74 Å². The van der Waals surface area contributed by atoms with Gasteiger partial charge in [0.2, 0.25) is 0 Å². The second-order valence-electron chi connectivity index (χ2n) is 3.52. The Bertz CT molecular complexity index is 643. The summed E-state index contributed by atoms with van der Waals surface area (Å²) in [5.74, 6) is 0.842. The van der Waals surface area contributed by atoms with Crippen LogP contribution in [0.1, 0.15) is 0 Å². The molecule has 0 radical (unpaired) electrons. The summed E-state index contributed by atoms with van der Waals surface area (Å²) >= 11 is 13.2. The normalized spacial score (nSPS) is 10.5. The maximum Gasteiger partial charge on any atom is 0.184 e. The van der Waals surface area contributed by atoms with Gasteiger partial charge in [0.25, 0.3) is 0 Å². The van der Waals surface area contributed by atoms with Crippen LogP contribution in [-0.2, 0) is 0 Å². The van der Waals surface area contributed by atoms with Crippen molar-refractivity contribution in [2.24, 2.45) is 0 Å². The lowest BCUT2D eigenvalue weighted by Crippen LogP contribution is -1.89. The van der Waals surface area contributed by atoms with Crippen molar-refractivity contribution in [3.05, 3.63) is 42.2 Å². The summed E-state index contributed by atoms with van der Waals surface area (Å²) in [6.45, 7) is 0. The molecule has 0 aliphatic rings. The maximum absolute atomic E-state index is 9.84. The van der Waals surface area contributed by atoms with Crippen LogP contribution < -0.4 is 4.74 Å². The fraction of sp³-hybridized carbons (Fsp3) is 0. The number of phenolic OH excluding ortho intramolecular Hbond substituents is 2. The minimum Gasteiger partial charge on any atom is -0.507 e. The summed E-state index contributed by atoms with van der Waals surface area (Å²) in [5, 5.41) is 19.4. The Kier molecular flexibility index (Phi) is 4.81. The Hall–Kier alpha value is -0.240. The van der Waals surface area contributed by atoms with Crippen molar-refractivity contribution in [1.29, 1.82) is 0 Å². The molecule has 3 nitrogen and oxygen atoms in total. The molecule has 0 heterocycles. The number of rotatable bonds is 2. The van der Waals surface area contributed by atoms with E-state index < -0.39 is 0 Å². The van der Waals surface area contributed by atoms with Crippen LogP contribution in [0.25, 0.3) is 0 Å². The summed E-state index contributed by atoms with van der Waals surface area (Å²) in [4.78, 5) is 0. The van der Waals surface area contributed by atoms with E-state index in [-0.39, 0.29) is 17.2 Å². The van der Waals surface area contributed by atoms with Crippen molar-refractivity contribution in [1.82, 2.24) is 0 Å². The molecule has 0 bridgehead atoms. The van der Waals surface area contributed by atoms with Gasteiger partial charge in [-0.1, -0.05) is 0 Å². The molecular formula is C12H6Br4O3. The second-order valence-corrected chi connectivity index (χ2v) is 6.76. The van der Waals surface area contributed by atoms with E-state index in [1.165, 1.54) is 12.1 Å². The van der Waals surface area contributed by atoms with Gasteiger partial charge in [0, 0.05) is 4.47 Å². The highest BCUT2D eigenvalue weighted by molar-refractivity contribution is 9.13. The van der Waals surface area contributed by atoms with Crippen LogP contribution in [-0.4, -0.2) is 10.2 Å². The molecule has 0 aromatic heterocycles. The van der Waals surface area contributed by atoms with Crippen molar-refractivity contribution in [2.75, 3.05) is 0 Å². The van der Waals surface area contributed by atoms with Crippen LogP contribution in [0.3, 0.4) is 0 Å². The van der Waals surface area contributed by atoms with Gasteiger partial charge in [-0.15, -0.1) is 0 Å². The maximum atomic E-state index is 9.84. The monoisotopic (exact) mass is 514 g/mol. The van der Waals surface area contributed by atoms with Crippen molar-refractivity contribution < 1.29 is 14.9 Å². The summed E-state index contributed by atoms with van der Waals surface area (Å²) < 4.78 is 8.07. The van der Waals surface area contributed by atoms with Gasteiger partial charge in [-0.2, -0.15) is 0 Å². The lowest BCUT2D eigenvalue weighted by atomic mass is 10.3. The molecule has 19 heavy (non-hydrogen) atoms. The van der Waals surface area contributed by atoms with Crippen LogP contribution in [0.5, 0.6) is 23.0 Å². The highest BCUT2D eigenvalue weighted by Gasteiger charge is 2.16. The van der Waals surface area contributed by atoms with Gasteiger partial charge in [0.1, 0.15) is 11.5 Å². The SMILES string of the molecule is Oc1ccc(Oc2c(O)ccc(Br)c2Br)c(Br)c1Br. The van der Waals surface area contributed by atoms with Crippen molar-refractivity contribution in [2.45, 2.75) is 0 Å². The van der Waals surface area contributed by atoms with Crippen molar-refractivity contribution >= 4 is 63.7 Å². The lowest BCUT2D eigenvalue weighted by Gasteiger charge is -2.13. The van der Waals surface area contributed by atoms with E-state index in [2.05, 4.69) is 63.7 Å². The molecule has 100 valence electrons. The predicted molar refractivity (Wildman–Crippen MR) is 87.1 cm³/mol. The fourth-order valence-electron chi connectivity index (χ4n) is 1.33. The summed E-state index contributed by atoms with van der Waals surface area (Å²) in [7, 11) is 0. The van der Waals surface area contributed by atoms with Gasteiger partial charge in [-0.3, -0.25) is 0 Å². The van der Waals surface area contributed by atoms with E-state index in [0.717, 1.165) is 4.47 Å². The van der Waals surface area contributed by atoms with Crippen LogP contribution >= 0.6 is 63.7 Å². The Labute approximate surface area is 143 Å². The number of hydrogen-bond acceptors (Lipinski definition) is 3. The third-order valence-corrected chi connectivity index (χ3v) is 6.37. The molecule has 0 amide bonds.